The maximum atomic E-state index is 12.1. The molecule has 1 amide bonds. The van der Waals surface area contributed by atoms with Crippen LogP contribution in [0.1, 0.15) is 13.3 Å². The van der Waals surface area contributed by atoms with E-state index in [1.807, 2.05) is 0 Å². The Bertz CT molecular complexity index is 511. The third kappa shape index (κ3) is 3.70. The second kappa shape index (κ2) is 7.92. The molecule has 23 heavy (non-hydrogen) atoms. The minimum absolute atomic E-state index is 0.0580. The van der Waals surface area contributed by atoms with Gasteiger partial charge in [-0.3, -0.25) is 4.79 Å². The van der Waals surface area contributed by atoms with Crippen LogP contribution in [0, 0.1) is 5.92 Å². The van der Waals surface area contributed by atoms with Crippen molar-refractivity contribution in [3.8, 4) is 0 Å². The van der Waals surface area contributed by atoms with Gasteiger partial charge >= 0.3 is 5.97 Å². The molecular formula is C13H21N2O6PS. The van der Waals surface area contributed by atoms with Crippen LogP contribution in [0.15, 0.2) is 10.6 Å². The summed E-state index contributed by atoms with van der Waals surface area (Å²) < 4.78 is 10.1. The van der Waals surface area contributed by atoms with Crippen molar-refractivity contribution in [2.24, 2.45) is 5.92 Å². The minimum atomic E-state index is -1.13. The Morgan fingerprint density at radius 2 is 2.17 bits per heavy atom. The van der Waals surface area contributed by atoms with Gasteiger partial charge < -0.3 is 24.2 Å². The van der Waals surface area contributed by atoms with Crippen LogP contribution in [0.25, 0.3) is 0 Å². The van der Waals surface area contributed by atoms with E-state index in [4.69, 9.17) is 9.05 Å². The van der Waals surface area contributed by atoms with E-state index in [1.165, 1.54) is 16.7 Å². The lowest BCUT2D eigenvalue weighted by Gasteiger charge is -2.44. The number of aliphatic hydroxyl groups excluding tert-OH is 1. The monoisotopic (exact) mass is 364 g/mol. The number of aliphatic hydroxyl groups is 1. The highest BCUT2D eigenvalue weighted by molar-refractivity contribution is 8.03. The highest BCUT2D eigenvalue weighted by Crippen LogP contribution is 2.47. The summed E-state index contributed by atoms with van der Waals surface area (Å²) in [7, 11) is 1.97. The van der Waals surface area contributed by atoms with Crippen LogP contribution in [0.5, 0.6) is 0 Å². The zero-order valence-corrected chi connectivity index (χ0v) is 14.9. The number of carbonyl (C=O) groups excluding carboxylic acids is 1. The molecule has 2 aliphatic rings. The minimum Gasteiger partial charge on any atom is -0.477 e. The fourth-order valence-electron chi connectivity index (χ4n) is 2.87. The van der Waals surface area contributed by atoms with Gasteiger partial charge in [-0.05, 0) is 6.92 Å². The summed E-state index contributed by atoms with van der Waals surface area (Å²) in [5.41, 5.74) is 0.0580. The van der Waals surface area contributed by atoms with Crippen molar-refractivity contribution in [3.63, 3.8) is 0 Å². The van der Waals surface area contributed by atoms with Crippen LogP contribution < -0.4 is 5.09 Å². The van der Waals surface area contributed by atoms with Crippen LogP contribution in [0.2, 0.25) is 0 Å². The van der Waals surface area contributed by atoms with E-state index in [1.54, 1.807) is 21.1 Å². The van der Waals surface area contributed by atoms with Gasteiger partial charge in [-0.15, -0.1) is 11.8 Å². The van der Waals surface area contributed by atoms with E-state index in [0.29, 0.717) is 23.6 Å². The van der Waals surface area contributed by atoms with Crippen molar-refractivity contribution < 1.29 is 28.8 Å². The van der Waals surface area contributed by atoms with Gasteiger partial charge in [0.05, 0.1) is 18.1 Å². The highest BCUT2D eigenvalue weighted by atomic mass is 32.2. The van der Waals surface area contributed by atoms with Crippen molar-refractivity contribution in [2.45, 2.75) is 25.5 Å². The molecule has 3 atom stereocenters. The zero-order valence-electron chi connectivity index (χ0n) is 13.2. The molecule has 0 aliphatic carbocycles. The molecule has 0 bridgehead atoms. The smallest absolute Gasteiger partial charge is 0.353 e. The third-order valence-electron chi connectivity index (χ3n) is 3.84. The van der Waals surface area contributed by atoms with Crippen LogP contribution in [-0.4, -0.2) is 65.7 Å². The number of nitrogens with zero attached hydrogens (tertiary/aromatic N) is 1. The van der Waals surface area contributed by atoms with Gasteiger partial charge in [0.25, 0.3) is 8.53 Å². The Balaban J connectivity index is 1.96. The normalized spacial score (nSPS) is 24.9. The Morgan fingerprint density at radius 1 is 1.52 bits per heavy atom. The molecule has 0 aromatic rings. The highest BCUT2D eigenvalue weighted by Gasteiger charge is 2.56. The van der Waals surface area contributed by atoms with E-state index >= 15 is 0 Å². The summed E-state index contributed by atoms with van der Waals surface area (Å²) in [5.74, 6) is -1.28. The number of hydrogen-bond acceptors (Lipinski definition) is 7. The molecule has 0 saturated carbocycles. The average Bonchev–Trinajstić information content (AvgIpc) is 2.81. The molecule has 1 fully saturated rings. The van der Waals surface area contributed by atoms with Gasteiger partial charge in [0.15, 0.2) is 0 Å². The lowest BCUT2D eigenvalue weighted by molar-refractivity contribution is -0.161. The third-order valence-corrected chi connectivity index (χ3v) is 6.10. The number of nitrogens with one attached hydrogen (secondary N) is 1. The van der Waals surface area contributed by atoms with Crippen molar-refractivity contribution >= 4 is 32.2 Å². The Kier molecular flexibility index (Phi) is 6.41. The molecule has 2 rings (SSSR count). The zero-order chi connectivity index (χ0) is 17.1. The van der Waals surface area contributed by atoms with Crippen molar-refractivity contribution in [3.05, 3.63) is 10.6 Å². The molecular weight excluding hydrogens is 343 g/mol. The SMILES string of the molecule is COP(NCCSC1=C(C(=O)O)N2C(=O)[C@H]([C@@H](C)O)[C@H]2C1)OC. The van der Waals surface area contributed by atoms with E-state index in [0.717, 1.165) is 0 Å². The molecule has 3 N–H and O–H groups in total. The summed E-state index contributed by atoms with van der Waals surface area (Å²) >= 11 is 1.41. The number of hydrogen-bond donors (Lipinski definition) is 3. The average molecular weight is 364 g/mol. The first-order valence-electron chi connectivity index (χ1n) is 7.14. The predicted octanol–water partition coefficient (Wildman–Crippen LogP) is 0.737. The van der Waals surface area contributed by atoms with E-state index in [9.17, 15) is 19.8 Å². The number of carboxylic acids is 1. The summed E-state index contributed by atoms with van der Waals surface area (Å²) in [6.07, 6.45) is -0.284. The first-order chi connectivity index (χ1) is 10.9. The number of amides is 1. The van der Waals surface area contributed by atoms with Crippen LogP contribution in [0.3, 0.4) is 0 Å². The van der Waals surface area contributed by atoms with Gasteiger partial charge in [0, 0.05) is 37.8 Å². The Morgan fingerprint density at radius 3 is 2.70 bits per heavy atom. The topological polar surface area (TPSA) is 108 Å². The lowest BCUT2D eigenvalue weighted by atomic mass is 9.83. The first kappa shape index (κ1) is 18.6. The van der Waals surface area contributed by atoms with Crippen molar-refractivity contribution in [2.75, 3.05) is 26.5 Å². The largest absolute Gasteiger partial charge is 0.477 e. The summed E-state index contributed by atoms with van der Waals surface area (Å²) in [6.45, 7) is 2.15. The fraction of sp³-hybridized carbons (Fsp3) is 0.692. The summed E-state index contributed by atoms with van der Waals surface area (Å²) in [4.78, 5) is 25.5. The van der Waals surface area contributed by atoms with Gasteiger partial charge in [0.1, 0.15) is 5.70 Å². The van der Waals surface area contributed by atoms with Crippen LogP contribution >= 0.6 is 20.3 Å². The number of β-lactam (4-membered cyclic amide) rings is 1. The number of fused-ring (bicyclic) bond motifs is 1. The molecule has 0 radical (unpaired) electrons. The van der Waals surface area contributed by atoms with Gasteiger partial charge in [0.2, 0.25) is 5.91 Å². The van der Waals surface area contributed by atoms with Gasteiger partial charge in [-0.25, -0.2) is 9.88 Å². The molecule has 2 heterocycles. The van der Waals surface area contributed by atoms with Gasteiger partial charge in [-0.1, -0.05) is 0 Å². The van der Waals surface area contributed by atoms with Crippen LogP contribution in [-0.2, 0) is 18.6 Å². The van der Waals surface area contributed by atoms with Crippen LogP contribution in [0.4, 0.5) is 0 Å². The summed E-state index contributed by atoms with van der Waals surface area (Å²) in [6, 6.07) is -0.237. The number of rotatable bonds is 9. The molecule has 10 heteroatoms. The molecule has 2 aliphatic heterocycles. The van der Waals surface area contributed by atoms with E-state index in [2.05, 4.69) is 5.09 Å². The standard InChI is InChI=1S/C13H21N2O6PS/c1-7(16)10-8-6-9(11(13(18)19)15(8)12(10)17)23-5-4-14-22(20-2)21-3/h7-8,10,14,16H,4-6H2,1-3H3,(H,18,19)/t7-,8-,10-/m1/s1. The first-order valence-corrected chi connectivity index (χ1v) is 9.30. The quantitative estimate of drug-likeness (QED) is 0.312. The van der Waals surface area contributed by atoms with Crippen molar-refractivity contribution in [1.82, 2.24) is 9.99 Å². The van der Waals surface area contributed by atoms with E-state index < -0.39 is 26.5 Å². The van der Waals surface area contributed by atoms with E-state index in [-0.39, 0.29) is 17.6 Å². The molecule has 8 nitrogen and oxygen atoms in total. The molecule has 1 saturated heterocycles. The molecule has 0 aromatic carbocycles. The molecule has 0 aromatic heterocycles. The second-order valence-electron chi connectivity index (χ2n) is 5.20. The second-order valence-corrected chi connectivity index (χ2v) is 7.95. The summed E-state index contributed by atoms with van der Waals surface area (Å²) in [5, 5.41) is 22.1. The molecule has 0 spiro atoms. The predicted molar refractivity (Wildman–Crippen MR) is 86.5 cm³/mol. The Labute approximate surface area is 140 Å². The molecule has 130 valence electrons. The number of carbonyl (C=O) groups is 2. The molecule has 0 unspecified atom stereocenters. The number of aliphatic carboxylic acids is 1. The maximum Gasteiger partial charge on any atom is 0.353 e. The number of carboxylic acid groups (broad SMARTS) is 1. The number of thioether (sulfide) groups is 1. The van der Waals surface area contributed by atoms with Crippen molar-refractivity contribution in [1.29, 1.82) is 0 Å². The lowest BCUT2D eigenvalue weighted by Crippen LogP contribution is -2.61. The maximum absolute atomic E-state index is 12.1. The van der Waals surface area contributed by atoms with Gasteiger partial charge in [-0.2, -0.15) is 0 Å². The fourth-order valence-corrected chi connectivity index (χ4v) is 4.79. The Hall–Kier alpha value is -0.700.